The van der Waals surface area contributed by atoms with Crippen molar-refractivity contribution < 1.29 is 13.2 Å². The van der Waals surface area contributed by atoms with Gasteiger partial charge in [-0.25, -0.2) is 8.42 Å². The Morgan fingerprint density at radius 3 is 2.92 bits per heavy atom. The maximum absolute atomic E-state index is 12.5. The van der Waals surface area contributed by atoms with Crippen LogP contribution < -0.4 is 0 Å². The van der Waals surface area contributed by atoms with Crippen LogP contribution >= 0.6 is 11.8 Å². The summed E-state index contributed by atoms with van der Waals surface area (Å²) in [6.07, 6.45) is 2.69. The van der Waals surface area contributed by atoms with Crippen molar-refractivity contribution in [1.29, 1.82) is 0 Å². The molecule has 3 heterocycles. The molecule has 0 saturated carbocycles. The van der Waals surface area contributed by atoms with Crippen molar-refractivity contribution >= 4 is 21.8 Å². The van der Waals surface area contributed by atoms with E-state index in [0.29, 0.717) is 25.4 Å². The maximum atomic E-state index is 12.5. The maximum Gasteiger partial charge on any atom is 0.216 e. The summed E-state index contributed by atoms with van der Waals surface area (Å²) in [5.41, 5.74) is 0.700. The van der Waals surface area contributed by atoms with E-state index in [4.69, 9.17) is 4.74 Å². The first-order valence-electron chi connectivity index (χ1n) is 8.26. The molecular weight excluding hydrogens is 350 g/mol. The first kappa shape index (κ1) is 18.1. The van der Waals surface area contributed by atoms with Crippen LogP contribution in [0.25, 0.3) is 0 Å². The number of aromatic nitrogens is 3. The smallest absolute Gasteiger partial charge is 0.216 e. The van der Waals surface area contributed by atoms with Crippen LogP contribution in [0.1, 0.15) is 12.1 Å². The van der Waals surface area contributed by atoms with E-state index in [1.807, 2.05) is 18.0 Å². The molecule has 0 radical (unpaired) electrons. The van der Waals surface area contributed by atoms with Gasteiger partial charge in [-0.3, -0.25) is 9.58 Å². The molecule has 1 atom stereocenters. The third-order valence-corrected chi connectivity index (χ3v) is 7.25. The van der Waals surface area contributed by atoms with E-state index in [0.717, 1.165) is 37.6 Å². The fourth-order valence-electron chi connectivity index (χ4n) is 3.15. The van der Waals surface area contributed by atoms with Gasteiger partial charge in [0.25, 0.3) is 0 Å². The molecule has 1 unspecified atom stereocenters. The molecule has 1 aromatic rings. The topological polar surface area (TPSA) is 80.6 Å². The van der Waals surface area contributed by atoms with Crippen LogP contribution in [0.2, 0.25) is 0 Å². The van der Waals surface area contributed by atoms with Crippen molar-refractivity contribution in [3.05, 3.63) is 11.9 Å². The van der Waals surface area contributed by atoms with Crippen LogP contribution in [-0.2, 0) is 27.8 Å². The number of methoxy groups -OCH3 is 1. The van der Waals surface area contributed by atoms with Crippen molar-refractivity contribution in [2.75, 3.05) is 50.6 Å². The molecular formula is C14H25N5O3S2. The molecule has 0 spiro atoms. The molecule has 2 saturated heterocycles. The Labute approximate surface area is 147 Å². The van der Waals surface area contributed by atoms with E-state index >= 15 is 0 Å². The average Bonchev–Trinajstić information content (AvgIpc) is 3.13. The van der Waals surface area contributed by atoms with Crippen LogP contribution in [0.3, 0.4) is 0 Å². The van der Waals surface area contributed by atoms with Crippen LogP contribution in [0.15, 0.2) is 6.20 Å². The third kappa shape index (κ3) is 4.48. The second-order valence-corrected chi connectivity index (χ2v) is 9.43. The van der Waals surface area contributed by atoms with E-state index in [1.54, 1.807) is 16.1 Å². The summed E-state index contributed by atoms with van der Waals surface area (Å²) in [4.78, 5) is 2.32. The first-order chi connectivity index (χ1) is 11.6. The molecule has 1 aromatic heterocycles. The van der Waals surface area contributed by atoms with Gasteiger partial charge in [-0.1, -0.05) is 5.21 Å². The Bertz CT molecular complexity index is 630. The van der Waals surface area contributed by atoms with Gasteiger partial charge in [0.05, 0.1) is 18.0 Å². The molecule has 8 nitrogen and oxygen atoms in total. The van der Waals surface area contributed by atoms with Gasteiger partial charge in [-0.15, -0.1) is 5.10 Å². The molecule has 10 heteroatoms. The lowest BCUT2D eigenvalue weighted by Gasteiger charge is -2.30. The van der Waals surface area contributed by atoms with Crippen LogP contribution in [0.5, 0.6) is 0 Å². The van der Waals surface area contributed by atoms with Crippen LogP contribution in [-0.4, -0.2) is 89.3 Å². The number of rotatable bonds is 7. The molecule has 2 aliphatic heterocycles. The standard InChI is InChI=1S/C14H25N5O3S2/c1-22-6-2-3-18-9-13(15-16-18)10-19-11-14(12-24(19,20)21)17-4-7-23-8-5-17/h9,14H,2-8,10-12H2,1H3. The summed E-state index contributed by atoms with van der Waals surface area (Å²) >= 11 is 1.94. The highest BCUT2D eigenvalue weighted by Crippen LogP contribution is 2.23. The van der Waals surface area contributed by atoms with Gasteiger partial charge in [-0.05, 0) is 6.42 Å². The van der Waals surface area contributed by atoms with Crippen LogP contribution in [0.4, 0.5) is 0 Å². The van der Waals surface area contributed by atoms with Crippen molar-refractivity contribution in [2.45, 2.75) is 25.6 Å². The number of hydrogen-bond acceptors (Lipinski definition) is 7. The molecule has 2 aliphatic rings. The zero-order valence-electron chi connectivity index (χ0n) is 14.0. The minimum Gasteiger partial charge on any atom is -0.385 e. The molecule has 0 aliphatic carbocycles. The Morgan fingerprint density at radius 1 is 1.38 bits per heavy atom. The van der Waals surface area contributed by atoms with E-state index < -0.39 is 10.0 Å². The summed E-state index contributed by atoms with van der Waals surface area (Å²) in [7, 11) is -1.54. The minimum atomic E-state index is -3.21. The van der Waals surface area contributed by atoms with Gasteiger partial charge < -0.3 is 4.74 Å². The Hall–Kier alpha value is -0.680. The second-order valence-electron chi connectivity index (χ2n) is 6.19. The summed E-state index contributed by atoms with van der Waals surface area (Å²) in [6, 6.07) is 0.104. The summed E-state index contributed by atoms with van der Waals surface area (Å²) in [6.45, 7) is 4.23. The zero-order valence-corrected chi connectivity index (χ0v) is 15.6. The number of hydrogen-bond donors (Lipinski definition) is 0. The number of nitrogens with zero attached hydrogens (tertiary/aromatic N) is 5. The molecule has 0 amide bonds. The Morgan fingerprint density at radius 2 is 2.17 bits per heavy atom. The molecule has 0 bridgehead atoms. The van der Waals surface area contributed by atoms with Gasteiger partial charge in [0, 0.05) is 63.6 Å². The van der Waals surface area contributed by atoms with Gasteiger partial charge in [0.1, 0.15) is 0 Å². The van der Waals surface area contributed by atoms with E-state index in [2.05, 4.69) is 15.2 Å². The fourth-order valence-corrected chi connectivity index (χ4v) is 5.82. The molecule has 24 heavy (non-hydrogen) atoms. The second kappa shape index (κ2) is 8.13. The molecule has 136 valence electrons. The van der Waals surface area contributed by atoms with Crippen LogP contribution in [0, 0.1) is 0 Å². The monoisotopic (exact) mass is 375 g/mol. The van der Waals surface area contributed by atoms with Gasteiger partial charge in [-0.2, -0.15) is 16.1 Å². The molecule has 0 aromatic carbocycles. The highest BCUT2D eigenvalue weighted by molar-refractivity contribution is 7.99. The molecule has 2 fully saturated rings. The third-order valence-electron chi connectivity index (χ3n) is 4.43. The lowest BCUT2D eigenvalue weighted by molar-refractivity contribution is 0.188. The first-order valence-corrected chi connectivity index (χ1v) is 11.0. The number of sulfonamides is 1. The lowest BCUT2D eigenvalue weighted by Crippen LogP contribution is -2.43. The quantitative estimate of drug-likeness (QED) is 0.615. The molecule has 3 rings (SSSR count). The van der Waals surface area contributed by atoms with E-state index in [-0.39, 0.29) is 11.8 Å². The normalized spacial score (nSPS) is 25.3. The average molecular weight is 376 g/mol. The largest absolute Gasteiger partial charge is 0.385 e. The molecule has 0 N–H and O–H groups in total. The predicted molar refractivity (Wildman–Crippen MR) is 93.4 cm³/mol. The van der Waals surface area contributed by atoms with Crippen molar-refractivity contribution in [2.24, 2.45) is 0 Å². The van der Waals surface area contributed by atoms with Crippen molar-refractivity contribution in [1.82, 2.24) is 24.2 Å². The predicted octanol–water partition coefficient (Wildman–Crippen LogP) is -0.123. The minimum absolute atomic E-state index is 0.104. The van der Waals surface area contributed by atoms with E-state index in [1.165, 1.54) is 0 Å². The Kier molecular flexibility index (Phi) is 6.14. The highest BCUT2D eigenvalue weighted by atomic mass is 32.2. The van der Waals surface area contributed by atoms with Gasteiger partial charge in [0.15, 0.2) is 0 Å². The lowest BCUT2D eigenvalue weighted by atomic mass is 10.2. The number of ether oxygens (including phenoxy) is 1. The summed E-state index contributed by atoms with van der Waals surface area (Å²) in [5, 5.41) is 8.17. The number of thioether (sulfide) groups is 1. The van der Waals surface area contributed by atoms with E-state index in [9.17, 15) is 8.42 Å². The van der Waals surface area contributed by atoms with Gasteiger partial charge >= 0.3 is 0 Å². The fraction of sp³-hybridized carbons (Fsp3) is 0.857. The zero-order chi connectivity index (χ0) is 17.0. The summed E-state index contributed by atoms with van der Waals surface area (Å²) < 4.78 is 33.2. The highest BCUT2D eigenvalue weighted by Gasteiger charge is 2.39. The number of aryl methyl sites for hydroxylation is 1. The van der Waals surface area contributed by atoms with Gasteiger partial charge in [0.2, 0.25) is 10.0 Å². The SMILES string of the molecule is COCCCn1cc(CN2CC(N3CCSCC3)CS2(=O)=O)nn1. The van der Waals surface area contributed by atoms with Crippen molar-refractivity contribution in [3.63, 3.8) is 0 Å². The Balaban J connectivity index is 1.58. The summed E-state index contributed by atoms with van der Waals surface area (Å²) in [5.74, 6) is 2.40. The van der Waals surface area contributed by atoms with Crippen molar-refractivity contribution in [3.8, 4) is 0 Å².